The Hall–Kier alpha value is -2.52. The number of rotatable bonds is 0. The Morgan fingerprint density at radius 2 is 1.57 bits per heavy atom. The first-order valence-corrected chi connectivity index (χ1v) is 6.68. The number of hydrogen-bond acceptors (Lipinski definition) is 2. The minimum absolute atomic E-state index is 0.0118. The van der Waals surface area contributed by atoms with E-state index < -0.39 is 5.85 Å². The van der Waals surface area contributed by atoms with Gasteiger partial charge < -0.3 is 5.11 Å². The van der Waals surface area contributed by atoms with Crippen LogP contribution in [-0.2, 0) is 5.85 Å². The van der Waals surface area contributed by atoms with Gasteiger partial charge in [-0.25, -0.2) is 4.39 Å². The minimum atomic E-state index is -2.65. The second-order valence-electron chi connectivity index (χ2n) is 5.21. The SMILES string of the molecule is O=C1c2ccccc2C(O)(F)c2ccc3ccccc3c21. The number of alkyl halides is 1. The van der Waals surface area contributed by atoms with Gasteiger partial charge in [-0.1, -0.05) is 60.7 Å². The van der Waals surface area contributed by atoms with Crippen molar-refractivity contribution in [1.82, 2.24) is 0 Å². The van der Waals surface area contributed by atoms with Crippen LogP contribution in [0, 0.1) is 0 Å². The van der Waals surface area contributed by atoms with E-state index in [9.17, 15) is 14.3 Å². The fourth-order valence-electron chi connectivity index (χ4n) is 3.04. The Kier molecular flexibility index (Phi) is 2.33. The van der Waals surface area contributed by atoms with Gasteiger partial charge in [0.25, 0.3) is 5.85 Å². The van der Waals surface area contributed by atoms with Crippen molar-refractivity contribution in [3.63, 3.8) is 0 Å². The van der Waals surface area contributed by atoms with E-state index >= 15 is 0 Å². The fraction of sp³-hybridized carbons (Fsp3) is 0.0556. The maximum absolute atomic E-state index is 15.0. The average Bonchev–Trinajstić information content (AvgIpc) is 2.52. The molecule has 2 nitrogen and oxygen atoms in total. The summed E-state index contributed by atoms with van der Waals surface area (Å²) in [7, 11) is 0. The van der Waals surface area contributed by atoms with Crippen LogP contribution in [-0.4, -0.2) is 10.9 Å². The standard InChI is InChI=1S/C18H11FO2/c19-18(21)14-8-4-3-7-13(14)17(20)16-12-6-2-1-5-11(12)9-10-15(16)18/h1-10,21H. The molecule has 3 aromatic rings. The number of carbonyl (C=O) groups is 1. The highest BCUT2D eigenvalue weighted by Crippen LogP contribution is 2.43. The van der Waals surface area contributed by atoms with E-state index in [0.29, 0.717) is 5.39 Å². The van der Waals surface area contributed by atoms with Gasteiger partial charge in [0.1, 0.15) is 0 Å². The highest BCUT2D eigenvalue weighted by Gasteiger charge is 2.43. The first-order valence-electron chi connectivity index (χ1n) is 6.68. The largest absolute Gasteiger partial charge is 0.355 e. The minimum Gasteiger partial charge on any atom is -0.355 e. The molecule has 0 aromatic heterocycles. The molecule has 0 spiro atoms. The van der Waals surface area contributed by atoms with E-state index in [2.05, 4.69) is 0 Å². The summed E-state index contributed by atoms with van der Waals surface area (Å²) in [6.07, 6.45) is 0. The van der Waals surface area contributed by atoms with E-state index in [1.54, 1.807) is 36.4 Å². The first kappa shape index (κ1) is 12.2. The lowest BCUT2D eigenvalue weighted by molar-refractivity contribution is -0.0567. The predicted molar refractivity (Wildman–Crippen MR) is 77.9 cm³/mol. The summed E-state index contributed by atoms with van der Waals surface area (Å²) < 4.78 is 15.0. The van der Waals surface area contributed by atoms with Crippen LogP contribution in [0.5, 0.6) is 0 Å². The van der Waals surface area contributed by atoms with Gasteiger partial charge in [0.05, 0.1) is 0 Å². The van der Waals surface area contributed by atoms with Gasteiger partial charge in [-0.05, 0) is 10.8 Å². The lowest BCUT2D eigenvalue weighted by Crippen LogP contribution is -2.31. The van der Waals surface area contributed by atoms with Crippen molar-refractivity contribution in [2.75, 3.05) is 0 Å². The van der Waals surface area contributed by atoms with E-state index in [1.165, 1.54) is 12.1 Å². The zero-order chi connectivity index (χ0) is 14.6. The van der Waals surface area contributed by atoms with Crippen molar-refractivity contribution in [3.05, 3.63) is 82.9 Å². The quantitative estimate of drug-likeness (QED) is 0.683. The van der Waals surface area contributed by atoms with Crippen molar-refractivity contribution >= 4 is 16.6 Å². The lowest BCUT2D eigenvalue weighted by Gasteiger charge is -2.29. The third kappa shape index (κ3) is 1.52. The highest BCUT2D eigenvalue weighted by molar-refractivity contribution is 6.19. The molecule has 0 heterocycles. The molecule has 1 aliphatic rings. The molecule has 0 aliphatic heterocycles. The molecule has 0 bridgehead atoms. The Morgan fingerprint density at radius 1 is 0.857 bits per heavy atom. The van der Waals surface area contributed by atoms with Gasteiger partial charge in [-0.3, -0.25) is 4.79 Å². The summed E-state index contributed by atoms with van der Waals surface area (Å²) in [6.45, 7) is 0. The van der Waals surface area contributed by atoms with Gasteiger partial charge in [0.15, 0.2) is 5.78 Å². The third-order valence-electron chi connectivity index (χ3n) is 4.04. The molecule has 4 rings (SSSR count). The number of benzene rings is 3. The number of carbonyl (C=O) groups excluding carboxylic acids is 1. The smallest absolute Gasteiger partial charge is 0.260 e. The molecule has 0 saturated carbocycles. The van der Waals surface area contributed by atoms with Gasteiger partial charge in [-0.15, -0.1) is 0 Å². The second-order valence-corrected chi connectivity index (χ2v) is 5.21. The molecule has 0 radical (unpaired) electrons. The van der Waals surface area contributed by atoms with E-state index in [0.717, 1.165) is 5.39 Å². The van der Waals surface area contributed by atoms with Crippen LogP contribution in [0.3, 0.4) is 0 Å². The number of ketones is 1. The molecule has 1 aliphatic carbocycles. The number of aliphatic hydroxyl groups is 1. The van der Waals surface area contributed by atoms with Gasteiger partial charge in [0.2, 0.25) is 0 Å². The molecule has 1 unspecified atom stereocenters. The molecular weight excluding hydrogens is 267 g/mol. The van der Waals surface area contributed by atoms with Gasteiger partial charge >= 0.3 is 0 Å². The highest BCUT2D eigenvalue weighted by atomic mass is 19.2. The molecule has 0 saturated heterocycles. The molecule has 3 heteroatoms. The number of fused-ring (bicyclic) bond motifs is 4. The summed E-state index contributed by atoms with van der Waals surface area (Å²) in [6, 6.07) is 16.8. The molecule has 1 atom stereocenters. The Labute approximate surface area is 120 Å². The van der Waals surface area contributed by atoms with Gasteiger partial charge in [0, 0.05) is 22.3 Å². The Bertz CT molecular complexity index is 897. The van der Waals surface area contributed by atoms with E-state index in [1.807, 2.05) is 12.1 Å². The zero-order valence-electron chi connectivity index (χ0n) is 11.0. The summed E-state index contributed by atoms with van der Waals surface area (Å²) >= 11 is 0. The fourth-order valence-corrected chi connectivity index (χ4v) is 3.04. The second kappa shape index (κ2) is 3.99. The summed E-state index contributed by atoms with van der Waals surface area (Å²) in [5.41, 5.74) is 0.492. The summed E-state index contributed by atoms with van der Waals surface area (Å²) in [5.74, 6) is -2.90. The van der Waals surface area contributed by atoms with Crippen LogP contribution in [0.2, 0.25) is 0 Å². The van der Waals surface area contributed by atoms with Crippen molar-refractivity contribution in [1.29, 1.82) is 0 Å². The topological polar surface area (TPSA) is 37.3 Å². The zero-order valence-corrected chi connectivity index (χ0v) is 11.0. The van der Waals surface area contributed by atoms with Crippen molar-refractivity contribution in [2.24, 2.45) is 0 Å². The third-order valence-corrected chi connectivity index (χ3v) is 4.04. The number of hydrogen-bond donors (Lipinski definition) is 1. The lowest BCUT2D eigenvalue weighted by atomic mass is 9.79. The molecule has 102 valence electrons. The van der Waals surface area contributed by atoms with Crippen LogP contribution in [0.1, 0.15) is 27.0 Å². The average molecular weight is 278 g/mol. The molecule has 0 fully saturated rings. The van der Waals surface area contributed by atoms with Crippen LogP contribution < -0.4 is 0 Å². The van der Waals surface area contributed by atoms with Crippen molar-refractivity contribution < 1.29 is 14.3 Å². The molecule has 0 amide bonds. The van der Waals surface area contributed by atoms with Gasteiger partial charge in [-0.2, -0.15) is 0 Å². The predicted octanol–water partition coefficient (Wildman–Crippen LogP) is 3.55. The van der Waals surface area contributed by atoms with Crippen molar-refractivity contribution in [3.8, 4) is 0 Å². The van der Waals surface area contributed by atoms with Crippen LogP contribution in [0.15, 0.2) is 60.7 Å². The monoisotopic (exact) mass is 278 g/mol. The molecule has 3 aromatic carbocycles. The number of halogens is 1. The van der Waals surface area contributed by atoms with Crippen LogP contribution in [0.4, 0.5) is 4.39 Å². The van der Waals surface area contributed by atoms with E-state index in [4.69, 9.17) is 0 Å². The maximum Gasteiger partial charge on any atom is 0.260 e. The summed E-state index contributed by atoms with van der Waals surface area (Å²) in [5, 5.41) is 11.8. The van der Waals surface area contributed by atoms with Crippen LogP contribution in [0.25, 0.3) is 10.8 Å². The summed E-state index contributed by atoms with van der Waals surface area (Å²) in [4.78, 5) is 12.7. The van der Waals surface area contributed by atoms with E-state index in [-0.39, 0.29) is 28.0 Å². The van der Waals surface area contributed by atoms with Crippen molar-refractivity contribution in [2.45, 2.75) is 5.85 Å². The van der Waals surface area contributed by atoms with Crippen LogP contribution >= 0.6 is 0 Å². The molecular formula is C18H11FO2. The Morgan fingerprint density at radius 3 is 2.43 bits per heavy atom. The first-order chi connectivity index (χ1) is 10.1. The molecule has 1 N–H and O–H groups in total. The Balaban J connectivity index is 2.16. The maximum atomic E-state index is 15.0. The molecule has 21 heavy (non-hydrogen) atoms. The normalized spacial score (nSPS) is 20.2.